The highest BCUT2D eigenvalue weighted by Gasteiger charge is 2.32. The van der Waals surface area contributed by atoms with Gasteiger partial charge in [-0.1, -0.05) is 15.9 Å². The average molecular weight is 410 g/mol. The molecule has 0 unspecified atom stereocenters. The molecule has 1 heterocycles. The van der Waals surface area contributed by atoms with Crippen molar-refractivity contribution in [3.63, 3.8) is 0 Å². The Balaban J connectivity index is 3.17. The first-order chi connectivity index (χ1) is 7.37. The standard InChI is InChI=1S/C8H4BrF3INO2/c9-2-4-1-6(16-8(10,11)12)14-5(3-15)7(4)13/h1,3H,2H2. The Morgan fingerprint density at radius 3 is 2.62 bits per heavy atom. The fraction of sp³-hybridized carbons (Fsp3) is 0.250. The Kier molecular flexibility index (Phi) is 4.53. The zero-order valence-electron chi connectivity index (χ0n) is 7.52. The third kappa shape index (κ3) is 3.58. The third-order valence-corrected chi connectivity index (χ3v) is 3.36. The lowest BCUT2D eigenvalue weighted by atomic mass is 10.2. The van der Waals surface area contributed by atoms with Crippen molar-refractivity contribution in [2.75, 3.05) is 0 Å². The number of ether oxygens (including phenoxy) is 1. The molecule has 0 atom stereocenters. The van der Waals surface area contributed by atoms with Gasteiger partial charge in [-0.3, -0.25) is 4.79 Å². The van der Waals surface area contributed by atoms with Crippen LogP contribution >= 0.6 is 38.5 Å². The molecule has 3 nitrogen and oxygen atoms in total. The summed E-state index contributed by atoms with van der Waals surface area (Å²) in [5, 5.41) is 0.308. The van der Waals surface area contributed by atoms with Gasteiger partial charge < -0.3 is 4.74 Å². The molecule has 0 aromatic carbocycles. The van der Waals surface area contributed by atoms with Crippen LogP contribution in [0.2, 0.25) is 0 Å². The number of halogens is 5. The van der Waals surface area contributed by atoms with Crippen LogP contribution in [0.5, 0.6) is 5.88 Å². The maximum Gasteiger partial charge on any atom is 0.574 e. The van der Waals surface area contributed by atoms with Crippen molar-refractivity contribution >= 4 is 44.8 Å². The number of rotatable bonds is 3. The van der Waals surface area contributed by atoms with E-state index in [1.165, 1.54) is 0 Å². The van der Waals surface area contributed by atoms with Gasteiger partial charge in [0, 0.05) is 15.0 Å². The number of aromatic nitrogens is 1. The minimum atomic E-state index is -4.82. The molecule has 0 saturated carbocycles. The second-order valence-corrected chi connectivity index (χ2v) is 4.26. The van der Waals surface area contributed by atoms with Crippen LogP contribution in [0.3, 0.4) is 0 Å². The first-order valence-corrected chi connectivity index (χ1v) is 6.03. The van der Waals surface area contributed by atoms with Crippen LogP contribution in [-0.4, -0.2) is 17.6 Å². The highest BCUT2D eigenvalue weighted by atomic mass is 127. The van der Waals surface area contributed by atoms with Crippen LogP contribution in [0.25, 0.3) is 0 Å². The van der Waals surface area contributed by atoms with Gasteiger partial charge >= 0.3 is 6.36 Å². The van der Waals surface area contributed by atoms with Crippen LogP contribution in [0, 0.1) is 3.57 Å². The van der Waals surface area contributed by atoms with Crippen molar-refractivity contribution in [3.05, 3.63) is 20.9 Å². The largest absolute Gasteiger partial charge is 0.574 e. The summed E-state index contributed by atoms with van der Waals surface area (Å²) in [5.74, 6) is -0.635. The highest BCUT2D eigenvalue weighted by molar-refractivity contribution is 14.1. The van der Waals surface area contributed by atoms with Crippen molar-refractivity contribution in [2.24, 2.45) is 0 Å². The number of pyridine rings is 1. The molecule has 0 spiro atoms. The Labute approximate surface area is 111 Å². The normalized spacial score (nSPS) is 11.3. The molecule has 0 bridgehead atoms. The topological polar surface area (TPSA) is 39.2 Å². The van der Waals surface area contributed by atoms with E-state index in [0.717, 1.165) is 6.07 Å². The van der Waals surface area contributed by atoms with Gasteiger partial charge in [0.1, 0.15) is 5.69 Å². The molecule has 16 heavy (non-hydrogen) atoms. The molecule has 1 aromatic heterocycles. The first-order valence-electron chi connectivity index (χ1n) is 3.83. The zero-order valence-corrected chi connectivity index (χ0v) is 11.3. The van der Waals surface area contributed by atoms with E-state index in [9.17, 15) is 18.0 Å². The van der Waals surface area contributed by atoms with Crippen LogP contribution in [0.1, 0.15) is 16.1 Å². The van der Waals surface area contributed by atoms with Crippen molar-refractivity contribution < 1.29 is 22.7 Å². The Bertz CT molecular complexity index is 411. The minimum Gasteiger partial charge on any atom is -0.388 e. The van der Waals surface area contributed by atoms with Gasteiger partial charge in [0.05, 0.1) is 0 Å². The molecular weight excluding hydrogens is 406 g/mol. The number of alkyl halides is 4. The molecule has 0 fully saturated rings. The van der Waals surface area contributed by atoms with Crippen molar-refractivity contribution in [3.8, 4) is 5.88 Å². The molecule has 0 amide bonds. The van der Waals surface area contributed by atoms with Gasteiger partial charge in [-0.25, -0.2) is 4.98 Å². The molecular formula is C8H4BrF3INO2. The van der Waals surface area contributed by atoms with Crippen LogP contribution in [0.15, 0.2) is 6.07 Å². The number of hydrogen-bond donors (Lipinski definition) is 0. The summed E-state index contributed by atoms with van der Waals surface area (Å²) < 4.78 is 40.0. The van der Waals surface area contributed by atoms with Crippen molar-refractivity contribution in [1.82, 2.24) is 4.98 Å². The summed E-state index contributed by atoms with van der Waals surface area (Å²) in [4.78, 5) is 14.0. The van der Waals surface area contributed by atoms with E-state index in [2.05, 4.69) is 25.7 Å². The number of carbonyl (C=O) groups excluding carboxylic acids is 1. The van der Waals surface area contributed by atoms with Crippen LogP contribution in [0.4, 0.5) is 13.2 Å². The summed E-state index contributed by atoms with van der Waals surface area (Å²) in [6.45, 7) is 0. The van der Waals surface area contributed by atoms with E-state index in [4.69, 9.17) is 0 Å². The Morgan fingerprint density at radius 2 is 2.19 bits per heavy atom. The Hall–Kier alpha value is -0.380. The molecule has 1 aromatic rings. The summed E-state index contributed by atoms with van der Waals surface area (Å²) >= 11 is 4.93. The number of hydrogen-bond acceptors (Lipinski definition) is 3. The highest BCUT2D eigenvalue weighted by Crippen LogP contribution is 2.26. The van der Waals surface area contributed by atoms with Gasteiger partial charge in [-0.05, 0) is 28.2 Å². The molecule has 0 radical (unpaired) electrons. The molecule has 1 rings (SSSR count). The summed E-state index contributed by atoms with van der Waals surface area (Å²) in [6, 6.07) is 1.14. The van der Waals surface area contributed by atoms with E-state index in [1.54, 1.807) is 0 Å². The second kappa shape index (κ2) is 5.30. The fourth-order valence-electron chi connectivity index (χ4n) is 0.923. The predicted molar refractivity (Wildman–Crippen MR) is 61.7 cm³/mol. The van der Waals surface area contributed by atoms with Gasteiger partial charge in [0.2, 0.25) is 5.88 Å². The SMILES string of the molecule is O=Cc1nc(OC(F)(F)F)cc(CBr)c1I. The van der Waals surface area contributed by atoms with E-state index < -0.39 is 12.2 Å². The van der Waals surface area contributed by atoms with Crippen molar-refractivity contribution in [2.45, 2.75) is 11.7 Å². The summed E-state index contributed by atoms with van der Waals surface area (Å²) in [5.41, 5.74) is 0.439. The lowest BCUT2D eigenvalue weighted by molar-refractivity contribution is -0.276. The van der Waals surface area contributed by atoms with E-state index in [0.29, 0.717) is 20.7 Å². The average Bonchev–Trinajstić information content (AvgIpc) is 2.18. The number of nitrogens with zero attached hydrogens (tertiary/aromatic N) is 1. The smallest absolute Gasteiger partial charge is 0.388 e. The van der Waals surface area contributed by atoms with E-state index >= 15 is 0 Å². The molecule has 0 N–H and O–H groups in total. The third-order valence-electron chi connectivity index (χ3n) is 1.51. The minimum absolute atomic E-state index is 0.0724. The zero-order chi connectivity index (χ0) is 12.3. The molecule has 0 aliphatic carbocycles. The van der Waals surface area contributed by atoms with Crippen LogP contribution < -0.4 is 4.74 Å². The maximum absolute atomic E-state index is 11.9. The van der Waals surface area contributed by atoms with Gasteiger partial charge in [-0.2, -0.15) is 0 Å². The molecule has 0 aliphatic heterocycles. The van der Waals surface area contributed by atoms with Gasteiger partial charge in [0.25, 0.3) is 0 Å². The van der Waals surface area contributed by atoms with Gasteiger partial charge in [-0.15, -0.1) is 13.2 Å². The lowest BCUT2D eigenvalue weighted by Gasteiger charge is -2.10. The first kappa shape index (κ1) is 13.7. The lowest BCUT2D eigenvalue weighted by Crippen LogP contribution is -2.18. The van der Waals surface area contributed by atoms with E-state index in [1.807, 2.05) is 22.6 Å². The van der Waals surface area contributed by atoms with E-state index in [-0.39, 0.29) is 5.69 Å². The molecule has 88 valence electrons. The molecule has 8 heteroatoms. The molecule has 0 saturated heterocycles. The summed E-state index contributed by atoms with van der Waals surface area (Å²) in [7, 11) is 0. The Morgan fingerprint density at radius 1 is 1.56 bits per heavy atom. The monoisotopic (exact) mass is 409 g/mol. The van der Waals surface area contributed by atoms with Crippen LogP contribution in [-0.2, 0) is 5.33 Å². The predicted octanol–water partition coefficient (Wildman–Crippen LogP) is 3.29. The second-order valence-electron chi connectivity index (χ2n) is 2.62. The summed E-state index contributed by atoms with van der Waals surface area (Å²) in [6.07, 6.45) is -4.43. The molecule has 0 aliphatic rings. The number of aldehydes is 1. The van der Waals surface area contributed by atoms with Gasteiger partial charge in [0.15, 0.2) is 6.29 Å². The number of carbonyl (C=O) groups is 1. The van der Waals surface area contributed by atoms with Crippen molar-refractivity contribution in [1.29, 1.82) is 0 Å². The quantitative estimate of drug-likeness (QED) is 0.437. The fourth-order valence-corrected chi connectivity index (χ4v) is 2.48. The maximum atomic E-state index is 11.9.